The largest absolute Gasteiger partial charge is 0.490 e. The van der Waals surface area contributed by atoms with Crippen LogP contribution in [0.25, 0.3) is 0 Å². The lowest BCUT2D eigenvalue weighted by Crippen LogP contribution is -2.39. The molecule has 4 rings (SSSR count). The zero-order valence-electron chi connectivity index (χ0n) is 14.9. The minimum Gasteiger partial charge on any atom is -0.490 e. The van der Waals surface area contributed by atoms with Crippen LogP contribution in [0.2, 0.25) is 0 Å². The summed E-state index contributed by atoms with van der Waals surface area (Å²) >= 11 is 1.45. The van der Waals surface area contributed by atoms with Crippen molar-refractivity contribution in [3.8, 4) is 5.75 Å². The van der Waals surface area contributed by atoms with Crippen LogP contribution < -0.4 is 15.0 Å². The number of benzene rings is 1. The Morgan fingerprint density at radius 1 is 1.38 bits per heavy atom. The summed E-state index contributed by atoms with van der Waals surface area (Å²) in [6.45, 7) is 3.12. The quantitative estimate of drug-likeness (QED) is 0.824. The smallest absolute Gasteiger partial charge is 0.237 e. The average molecular weight is 373 g/mol. The van der Waals surface area contributed by atoms with Gasteiger partial charge in [0, 0.05) is 19.5 Å². The van der Waals surface area contributed by atoms with Crippen LogP contribution in [0, 0.1) is 0 Å². The number of aromatic nitrogens is 3. The van der Waals surface area contributed by atoms with Crippen molar-refractivity contribution in [1.82, 2.24) is 20.1 Å². The molecule has 0 saturated carbocycles. The lowest BCUT2D eigenvalue weighted by molar-refractivity contribution is -0.116. The van der Waals surface area contributed by atoms with E-state index >= 15 is 0 Å². The number of nitrogens with one attached hydrogen (secondary N) is 1. The molecule has 1 aromatic carbocycles. The van der Waals surface area contributed by atoms with Gasteiger partial charge in [0.25, 0.3) is 0 Å². The van der Waals surface area contributed by atoms with Crippen molar-refractivity contribution in [2.45, 2.75) is 23.9 Å². The van der Waals surface area contributed by atoms with Crippen molar-refractivity contribution in [2.75, 3.05) is 36.9 Å². The van der Waals surface area contributed by atoms with E-state index in [1.807, 2.05) is 35.9 Å². The van der Waals surface area contributed by atoms with Crippen molar-refractivity contribution in [1.29, 1.82) is 0 Å². The number of carbonyl (C=O) groups is 1. The second kappa shape index (κ2) is 7.67. The molecule has 8 heteroatoms. The molecule has 0 radical (unpaired) electrons. The number of fused-ring (bicyclic) bond motifs is 1. The molecule has 1 aromatic heterocycles. The SMILES string of the molecule is Cn1c(SCC(=O)N2CCOc3ccccc32)nnc1[C@@H]1CCCNC1. The molecule has 3 heterocycles. The van der Waals surface area contributed by atoms with Crippen molar-refractivity contribution in [3.63, 3.8) is 0 Å². The lowest BCUT2D eigenvalue weighted by Gasteiger charge is -2.29. The molecule has 7 nitrogen and oxygen atoms in total. The van der Waals surface area contributed by atoms with Gasteiger partial charge < -0.3 is 19.5 Å². The van der Waals surface area contributed by atoms with Crippen LogP contribution in [0.1, 0.15) is 24.6 Å². The molecule has 2 aromatic rings. The number of nitrogens with zero attached hydrogens (tertiary/aromatic N) is 4. The Kier molecular flexibility index (Phi) is 5.12. The maximum atomic E-state index is 12.7. The number of anilines is 1. The first-order chi connectivity index (χ1) is 12.7. The molecule has 1 N–H and O–H groups in total. The Morgan fingerprint density at radius 3 is 3.12 bits per heavy atom. The molecular weight excluding hydrogens is 350 g/mol. The van der Waals surface area contributed by atoms with Gasteiger partial charge in [0.2, 0.25) is 5.91 Å². The number of para-hydroxylation sites is 2. The van der Waals surface area contributed by atoms with Gasteiger partial charge in [-0.1, -0.05) is 23.9 Å². The summed E-state index contributed by atoms with van der Waals surface area (Å²) in [5.41, 5.74) is 0.844. The summed E-state index contributed by atoms with van der Waals surface area (Å²) in [5.74, 6) is 2.57. The minimum absolute atomic E-state index is 0.0645. The summed E-state index contributed by atoms with van der Waals surface area (Å²) in [6.07, 6.45) is 2.29. The summed E-state index contributed by atoms with van der Waals surface area (Å²) < 4.78 is 7.65. The van der Waals surface area contributed by atoms with E-state index in [-0.39, 0.29) is 5.91 Å². The summed E-state index contributed by atoms with van der Waals surface area (Å²) in [5, 5.41) is 12.9. The average Bonchev–Trinajstić information content (AvgIpc) is 3.07. The molecular formula is C18H23N5O2S. The molecule has 1 saturated heterocycles. The molecule has 1 fully saturated rings. The highest BCUT2D eigenvalue weighted by atomic mass is 32.2. The van der Waals surface area contributed by atoms with E-state index in [2.05, 4.69) is 15.5 Å². The fourth-order valence-electron chi connectivity index (χ4n) is 3.51. The molecule has 1 atom stereocenters. The first-order valence-electron chi connectivity index (χ1n) is 8.99. The second-order valence-electron chi connectivity index (χ2n) is 6.59. The predicted octanol–water partition coefficient (Wildman–Crippen LogP) is 1.80. The zero-order chi connectivity index (χ0) is 17.9. The molecule has 2 aliphatic heterocycles. The van der Waals surface area contributed by atoms with Crippen molar-refractivity contribution in [3.05, 3.63) is 30.1 Å². The molecule has 138 valence electrons. The number of piperidine rings is 1. The monoisotopic (exact) mass is 373 g/mol. The van der Waals surface area contributed by atoms with Crippen molar-refractivity contribution >= 4 is 23.4 Å². The Morgan fingerprint density at radius 2 is 2.27 bits per heavy atom. The lowest BCUT2D eigenvalue weighted by atomic mass is 9.99. The number of amides is 1. The van der Waals surface area contributed by atoms with Gasteiger partial charge in [-0.15, -0.1) is 10.2 Å². The van der Waals surface area contributed by atoms with Gasteiger partial charge in [-0.05, 0) is 31.5 Å². The van der Waals surface area contributed by atoms with Crippen LogP contribution in [0.3, 0.4) is 0 Å². The van der Waals surface area contributed by atoms with Gasteiger partial charge in [0.1, 0.15) is 18.2 Å². The molecule has 0 bridgehead atoms. The highest BCUT2D eigenvalue weighted by Gasteiger charge is 2.25. The topological polar surface area (TPSA) is 72.3 Å². The van der Waals surface area contributed by atoms with Crippen LogP contribution in [-0.4, -0.2) is 52.7 Å². The Bertz CT molecular complexity index is 788. The van der Waals surface area contributed by atoms with E-state index in [0.29, 0.717) is 24.8 Å². The number of hydrogen-bond donors (Lipinski definition) is 1. The van der Waals surface area contributed by atoms with E-state index < -0.39 is 0 Å². The van der Waals surface area contributed by atoms with Gasteiger partial charge in [0.05, 0.1) is 18.0 Å². The molecule has 2 aliphatic rings. The van der Waals surface area contributed by atoms with E-state index in [1.165, 1.54) is 11.8 Å². The fraction of sp³-hybridized carbons (Fsp3) is 0.500. The third kappa shape index (κ3) is 3.43. The Hall–Kier alpha value is -2.06. The van der Waals surface area contributed by atoms with Gasteiger partial charge in [0.15, 0.2) is 5.16 Å². The predicted molar refractivity (Wildman–Crippen MR) is 101 cm³/mol. The van der Waals surface area contributed by atoms with E-state index in [9.17, 15) is 4.79 Å². The van der Waals surface area contributed by atoms with Crippen LogP contribution >= 0.6 is 11.8 Å². The third-order valence-corrected chi connectivity index (χ3v) is 5.89. The van der Waals surface area contributed by atoms with Crippen LogP contribution in [-0.2, 0) is 11.8 Å². The van der Waals surface area contributed by atoms with Gasteiger partial charge >= 0.3 is 0 Å². The Balaban J connectivity index is 1.42. The minimum atomic E-state index is 0.0645. The fourth-order valence-corrected chi connectivity index (χ4v) is 4.31. The number of carbonyl (C=O) groups excluding carboxylic acids is 1. The maximum absolute atomic E-state index is 12.7. The second-order valence-corrected chi connectivity index (χ2v) is 7.54. The van der Waals surface area contributed by atoms with Gasteiger partial charge in [-0.2, -0.15) is 0 Å². The third-order valence-electron chi connectivity index (χ3n) is 4.88. The van der Waals surface area contributed by atoms with Crippen molar-refractivity contribution in [2.24, 2.45) is 7.05 Å². The van der Waals surface area contributed by atoms with Gasteiger partial charge in [-0.3, -0.25) is 4.79 Å². The standard InChI is InChI=1S/C18H23N5O2S/c1-22-17(13-5-4-8-19-11-13)20-21-18(22)26-12-16(24)23-9-10-25-15-7-3-2-6-14(15)23/h2-3,6-7,13,19H,4-5,8-12H2,1H3/t13-/m1/s1. The molecule has 1 amide bonds. The zero-order valence-corrected chi connectivity index (χ0v) is 15.7. The number of ether oxygens (including phenoxy) is 1. The summed E-state index contributed by atoms with van der Waals surface area (Å²) in [7, 11) is 1.99. The number of thioether (sulfide) groups is 1. The number of hydrogen-bond acceptors (Lipinski definition) is 6. The van der Waals surface area contributed by atoms with E-state index in [1.54, 1.807) is 4.90 Å². The molecule has 0 spiro atoms. The molecule has 26 heavy (non-hydrogen) atoms. The molecule has 0 unspecified atom stereocenters. The number of rotatable bonds is 4. The van der Waals surface area contributed by atoms with Gasteiger partial charge in [-0.25, -0.2) is 0 Å². The van der Waals surface area contributed by atoms with Crippen LogP contribution in [0.5, 0.6) is 5.75 Å². The highest BCUT2D eigenvalue weighted by Crippen LogP contribution is 2.32. The van der Waals surface area contributed by atoms with E-state index in [0.717, 1.165) is 48.3 Å². The first kappa shape index (κ1) is 17.4. The highest BCUT2D eigenvalue weighted by molar-refractivity contribution is 7.99. The first-order valence-corrected chi connectivity index (χ1v) is 9.97. The summed E-state index contributed by atoms with van der Waals surface area (Å²) in [6, 6.07) is 7.67. The molecule has 0 aliphatic carbocycles. The maximum Gasteiger partial charge on any atom is 0.237 e. The Labute approximate surface area is 157 Å². The van der Waals surface area contributed by atoms with Crippen LogP contribution in [0.15, 0.2) is 29.4 Å². The summed E-state index contributed by atoms with van der Waals surface area (Å²) in [4.78, 5) is 14.5. The normalized spacial score (nSPS) is 19.7. The van der Waals surface area contributed by atoms with Crippen LogP contribution in [0.4, 0.5) is 5.69 Å². The van der Waals surface area contributed by atoms with Crippen molar-refractivity contribution < 1.29 is 9.53 Å². The van der Waals surface area contributed by atoms with E-state index in [4.69, 9.17) is 4.74 Å².